The third-order valence-electron chi connectivity index (χ3n) is 4.43. The van der Waals surface area contributed by atoms with Crippen LogP contribution in [0, 0.1) is 16.0 Å². The van der Waals surface area contributed by atoms with Crippen LogP contribution in [0.25, 0.3) is 10.2 Å². The number of anilines is 1. The Labute approximate surface area is 127 Å². The van der Waals surface area contributed by atoms with Crippen LogP contribution in [0.1, 0.15) is 39.0 Å². The average Bonchev–Trinajstić information content (AvgIpc) is 2.95. The second-order valence-electron chi connectivity index (χ2n) is 5.62. The molecule has 6 heteroatoms. The lowest BCUT2D eigenvalue weighted by Gasteiger charge is -2.32. The van der Waals surface area contributed by atoms with Gasteiger partial charge in [0.15, 0.2) is 5.52 Å². The van der Waals surface area contributed by atoms with E-state index in [0.29, 0.717) is 23.2 Å². The number of fused-ring (bicyclic) bond motifs is 1. The number of hydrogen-bond acceptors (Lipinski definition) is 5. The molecule has 112 valence electrons. The number of rotatable bonds is 4. The van der Waals surface area contributed by atoms with Crippen LogP contribution in [-0.4, -0.2) is 15.9 Å². The second kappa shape index (κ2) is 5.97. The summed E-state index contributed by atoms with van der Waals surface area (Å²) in [4.78, 5) is 15.3. The van der Waals surface area contributed by atoms with Crippen molar-refractivity contribution >= 4 is 32.9 Å². The van der Waals surface area contributed by atoms with Crippen LogP contribution in [0.4, 0.5) is 11.4 Å². The number of nitrogens with zero attached hydrogens (tertiary/aromatic N) is 2. The standard InChI is InChI=1S/C15H19N3O2S/c1-2-10-5-3-4-6-11(10)17-12-7-8-13-14(16-9-21-13)15(12)18(19)20/h7-11,17H,2-6H2,1H3. The minimum absolute atomic E-state index is 0.120. The molecule has 0 amide bonds. The Hall–Kier alpha value is -1.69. The van der Waals surface area contributed by atoms with E-state index in [1.54, 1.807) is 5.51 Å². The predicted molar refractivity (Wildman–Crippen MR) is 85.9 cm³/mol. The lowest BCUT2D eigenvalue weighted by Crippen LogP contribution is -2.32. The lowest BCUT2D eigenvalue weighted by atomic mass is 9.83. The predicted octanol–water partition coefficient (Wildman–Crippen LogP) is 4.59. The van der Waals surface area contributed by atoms with E-state index < -0.39 is 0 Å². The maximum absolute atomic E-state index is 11.5. The van der Waals surface area contributed by atoms with Gasteiger partial charge in [-0.15, -0.1) is 11.3 Å². The van der Waals surface area contributed by atoms with E-state index in [4.69, 9.17) is 0 Å². The molecule has 0 radical (unpaired) electrons. The summed E-state index contributed by atoms with van der Waals surface area (Å²) in [6.45, 7) is 2.20. The van der Waals surface area contributed by atoms with Crippen LogP contribution < -0.4 is 5.32 Å². The molecule has 1 aromatic heterocycles. The summed E-state index contributed by atoms with van der Waals surface area (Å²) in [6.07, 6.45) is 5.88. The van der Waals surface area contributed by atoms with Gasteiger partial charge in [0.1, 0.15) is 5.69 Å². The summed E-state index contributed by atoms with van der Waals surface area (Å²) >= 11 is 1.44. The Kier molecular flexibility index (Phi) is 4.05. The number of nitro benzene ring substituents is 1. The maximum atomic E-state index is 11.5. The molecule has 1 heterocycles. The summed E-state index contributed by atoms with van der Waals surface area (Å²) in [5, 5.41) is 14.9. The monoisotopic (exact) mass is 305 g/mol. The summed E-state index contributed by atoms with van der Waals surface area (Å²) in [5.74, 6) is 0.601. The van der Waals surface area contributed by atoms with Crippen LogP contribution in [0.15, 0.2) is 17.6 Å². The van der Waals surface area contributed by atoms with Gasteiger partial charge < -0.3 is 5.32 Å². The molecule has 0 bridgehead atoms. The van der Waals surface area contributed by atoms with E-state index in [1.807, 2.05) is 12.1 Å². The van der Waals surface area contributed by atoms with Crippen molar-refractivity contribution in [1.29, 1.82) is 0 Å². The van der Waals surface area contributed by atoms with Crippen molar-refractivity contribution in [3.05, 3.63) is 27.8 Å². The van der Waals surface area contributed by atoms with Gasteiger partial charge in [-0.2, -0.15) is 0 Å². The highest BCUT2D eigenvalue weighted by molar-refractivity contribution is 7.16. The van der Waals surface area contributed by atoms with Gasteiger partial charge in [-0.05, 0) is 30.9 Å². The molecule has 1 aromatic carbocycles. The van der Waals surface area contributed by atoms with Gasteiger partial charge in [0.05, 0.1) is 15.1 Å². The van der Waals surface area contributed by atoms with Crippen LogP contribution in [-0.2, 0) is 0 Å². The van der Waals surface area contributed by atoms with Crippen molar-refractivity contribution in [2.75, 3.05) is 5.32 Å². The Morgan fingerprint density at radius 2 is 2.24 bits per heavy atom. The number of aromatic nitrogens is 1. The van der Waals surface area contributed by atoms with Crippen molar-refractivity contribution in [3.63, 3.8) is 0 Å². The van der Waals surface area contributed by atoms with E-state index in [-0.39, 0.29) is 10.6 Å². The van der Waals surface area contributed by atoms with E-state index in [0.717, 1.165) is 17.5 Å². The summed E-state index contributed by atoms with van der Waals surface area (Å²) in [7, 11) is 0. The first-order valence-corrected chi connectivity index (χ1v) is 8.35. The van der Waals surface area contributed by atoms with Crippen LogP contribution >= 0.6 is 11.3 Å². The fourth-order valence-corrected chi connectivity index (χ4v) is 3.98. The van der Waals surface area contributed by atoms with Crippen molar-refractivity contribution in [2.24, 2.45) is 5.92 Å². The first kappa shape index (κ1) is 14.3. The molecule has 1 N–H and O–H groups in total. The fraction of sp³-hybridized carbons (Fsp3) is 0.533. The second-order valence-corrected chi connectivity index (χ2v) is 6.51. The normalized spacial score (nSPS) is 22.3. The number of hydrogen-bond donors (Lipinski definition) is 1. The molecule has 2 atom stereocenters. The first-order chi connectivity index (χ1) is 10.2. The third kappa shape index (κ3) is 2.72. The Morgan fingerprint density at radius 1 is 1.43 bits per heavy atom. The van der Waals surface area contributed by atoms with Gasteiger partial charge in [-0.25, -0.2) is 4.98 Å². The molecule has 0 saturated heterocycles. The van der Waals surface area contributed by atoms with Crippen LogP contribution in [0.3, 0.4) is 0 Å². The van der Waals surface area contributed by atoms with E-state index >= 15 is 0 Å². The zero-order chi connectivity index (χ0) is 14.8. The molecule has 1 aliphatic carbocycles. The Morgan fingerprint density at radius 3 is 3.00 bits per heavy atom. The summed E-state index contributed by atoms with van der Waals surface area (Å²) < 4.78 is 0.864. The Bertz CT molecular complexity index is 655. The zero-order valence-electron chi connectivity index (χ0n) is 12.0. The smallest absolute Gasteiger partial charge is 0.319 e. The molecule has 0 aliphatic heterocycles. The zero-order valence-corrected chi connectivity index (χ0v) is 12.9. The van der Waals surface area contributed by atoms with Gasteiger partial charge in [0, 0.05) is 6.04 Å². The van der Waals surface area contributed by atoms with Crippen LogP contribution in [0.2, 0.25) is 0 Å². The molecule has 1 saturated carbocycles. The minimum Gasteiger partial charge on any atom is -0.376 e. The van der Waals surface area contributed by atoms with E-state index in [2.05, 4.69) is 17.2 Å². The highest BCUT2D eigenvalue weighted by atomic mass is 32.1. The SMILES string of the molecule is CCC1CCCCC1Nc1ccc2scnc2c1[N+](=O)[O-]. The molecular weight excluding hydrogens is 286 g/mol. The molecule has 0 spiro atoms. The van der Waals surface area contributed by atoms with Gasteiger partial charge >= 0.3 is 5.69 Å². The lowest BCUT2D eigenvalue weighted by molar-refractivity contribution is -0.382. The minimum atomic E-state index is -0.311. The molecule has 2 unspecified atom stereocenters. The average molecular weight is 305 g/mol. The number of nitrogens with one attached hydrogen (secondary N) is 1. The number of benzene rings is 1. The quantitative estimate of drug-likeness (QED) is 0.663. The Balaban J connectivity index is 1.95. The largest absolute Gasteiger partial charge is 0.376 e. The van der Waals surface area contributed by atoms with Gasteiger partial charge in [-0.3, -0.25) is 10.1 Å². The molecule has 21 heavy (non-hydrogen) atoms. The van der Waals surface area contributed by atoms with Crippen molar-refractivity contribution in [3.8, 4) is 0 Å². The van der Waals surface area contributed by atoms with E-state index in [9.17, 15) is 10.1 Å². The van der Waals surface area contributed by atoms with Crippen molar-refractivity contribution in [2.45, 2.75) is 45.1 Å². The maximum Gasteiger partial charge on any atom is 0.319 e. The van der Waals surface area contributed by atoms with Crippen molar-refractivity contribution in [1.82, 2.24) is 4.98 Å². The number of thiazole rings is 1. The number of nitro groups is 1. The van der Waals surface area contributed by atoms with Crippen LogP contribution in [0.5, 0.6) is 0 Å². The van der Waals surface area contributed by atoms with Gasteiger partial charge in [0.2, 0.25) is 0 Å². The molecule has 5 nitrogen and oxygen atoms in total. The van der Waals surface area contributed by atoms with Crippen molar-refractivity contribution < 1.29 is 4.92 Å². The molecule has 1 aliphatic rings. The third-order valence-corrected chi connectivity index (χ3v) is 5.23. The first-order valence-electron chi connectivity index (χ1n) is 7.47. The molecule has 3 rings (SSSR count). The molecular formula is C15H19N3O2S. The summed E-state index contributed by atoms with van der Waals surface area (Å²) in [6, 6.07) is 4.09. The summed E-state index contributed by atoms with van der Waals surface area (Å²) in [5.41, 5.74) is 2.90. The highest BCUT2D eigenvalue weighted by Gasteiger charge is 2.27. The van der Waals surface area contributed by atoms with Gasteiger partial charge in [-0.1, -0.05) is 26.2 Å². The highest BCUT2D eigenvalue weighted by Crippen LogP contribution is 2.37. The topological polar surface area (TPSA) is 68.1 Å². The van der Waals surface area contributed by atoms with Gasteiger partial charge in [0.25, 0.3) is 0 Å². The molecule has 1 fully saturated rings. The molecule has 2 aromatic rings. The van der Waals surface area contributed by atoms with E-state index in [1.165, 1.54) is 30.6 Å². The fourth-order valence-electron chi connectivity index (χ4n) is 3.30.